The Morgan fingerprint density at radius 2 is 1.73 bits per heavy atom. The maximum atomic E-state index is 12.5. The van der Waals surface area contributed by atoms with E-state index >= 15 is 0 Å². The number of rotatable bonds is 4. The van der Waals surface area contributed by atoms with Gasteiger partial charge in [-0.1, -0.05) is 18.2 Å². The van der Waals surface area contributed by atoms with Crippen molar-refractivity contribution in [3.05, 3.63) is 54.1 Å². The number of amides is 1. The topological polar surface area (TPSA) is 75.7 Å². The quantitative estimate of drug-likeness (QED) is 0.894. The zero-order valence-electron chi connectivity index (χ0n) is 14.2. The van der Waals surface area contributed by atoms with Crippen LogP contribution in [0.2, 0.25) is 0 Å². The van der Waals surface area contributed by atoms with Crippen LogP contribution in [0.1, 0.15) is 18.4 Å². The molecule has 0 bridgehead atoms. The normalized spacial score (nSPS) is 19.8. The average Bonchev–Trinajstić information content (AvgIpc) is 3.32. The Morgan fingerprint density at radius 1 is 1.04 bits per heavy atom. The fraction of sp³-hybridized carbons (Fsp3) is 0.316. The summed E-state index contributed by atoms with van der Waals surface area (Å²) in [5, 5.41) is 2.79. The molecule has 2 aromatic carbocycles. The number of fused-ring (bicyclic) bond motifs is 1. The van der Waals surface area contributed by atoms with Crippen molar-refractivity contribution in [2.45, 2.75) is 30.3 Å². The van der Waals surface area contributed by atoms with Gasteiger partial charge in [-0.2, -0.15) is 4.31 Å². The van der Waals surface area contributed by atoms with Gasteiger partial charge in [-0.25, -0.2) is 8.42 Å². The van der Waals surface area contributed by atoms with Gasteiger partial charge >= 0.3 is 0 Å². The number of nitrogens with one attached hydrogen (secondary N) is 1. The van der Waals surface area contributed by atoms with E-state index in [-0.39, 0.29) is 10.8 Å². The Hall–Kier alpha value is -2.38. The van der Waals surface area contributed by atoms with Crippen LogP contribution in [0.4, 0.5) is 5.69 Å². The van der Waals surface area contributed by atoms with Crippen molar-refractivity contribution in [1.82, 2.24) is 4.31 Å². The highest BCUT2D eigenvalue weighted by Crippen LogP contribution is 2.29. The van der Waals surface area contributed by atoms with Crippen LogP contribution in [-0.4, -0.2) is 37.8 Å². The number of benzene rings is 2. The van der Waals surface area contributed by atoms with Gasteiger partial charge in [0.25, 0.3) is 5.91 Å². The summed E-state index contributed by atoms with van der Waals surface area (Å²) >= 11 is 0. The van der Waals surface area contributed by atoms with E-state index in [0.29, 0.717) is 25.2 Å². The lowest BCUT2D eigenvalue weighted by molar-refractivity contribution is -0.122. The molecule has 2 aromatic rings. The summed E-state index contributed by atoms with van der Waals surface area (Å²) in [5.41, 5.74) is 1.56. The van der Waals surface area contributed by atoms with Gasteiger partial charge in [-0.3, -0.25) is 4.79 Å². The molecule has 136 valence electrons. The summed E-state index contributed by atoms with van der Waals surface area (Å²) in [5.74, 6) is 0.496. The van der Waals surface area contributed by atoms with Crippen LogP contribution in [-0.2, 0) is 21.2 Å². The molecule has 26 heavy (non-hydrogen) atoms. The Kier molecular flexibility index (Phi) is 4.42. The zero-order valence-corrected chi connectivity index (χ0v) is 15.0. The predicted octanol–water partition coefficient (Wildman–Crippen LogP) is 2.41. The minimum absolute atomic E-state index is 0.239. The molecule has 1 atom stereocenters. The summed E-state index contributed by atoms with van der Waals surface area (Å²) in [6.07, 6.45) is 1.76. The summed E-state index contributed by atoms with van der Waals surface area (Å²) in [7, 11) is -3.44. The number of para-hydroxylation sites is 1. The smallest absolute Gasteiger partial charge is 0.265 e. The lowest BCUT2D eigenvalue weighted by atomic mass is 10.1. The van der Waals surface area contributed by atoms with Gasteiger partial charge in [0, 0.05) is 25.2 Å². The molecule has 1 fully saturated rings. The summed E-state index contributed by atoms with van der Waals surface area (Å²) in [6, 6.07) is 13.9. The zero-order chi connectivity index (χ0) is 18.1. The van der Waals surface area contributed by atoms with Gasteiger partial charge in [0.15, 0.2) is 6.10 Å². The largest absolute Gasteiger partial charge is 0.480 e. The first-order valence-corrected chi connectivity index (χ1v) is 10.1. The molecule has 0 aromatic heterocycles. The standard InChI is InChI=1S/C19H20N2O4S/c22-19(18-13-14-5-1-2-6-17(14)25-18)20-15-7-9-16(10-8-15)26(23,24)21-11-3-4-12-21/h1-2,5-10,18H,3-4,11-13H2,(H,20,22). The van der Waals surface area contributed by atoms with Gasteiger partial charge in [-0.15, -0.1) is 0 Å². The van der Waals surface area contributed by atoms with Crippen molar-refractivity contribution in [3.8, 4) is 5.75 Å². The molecule has 0 aliphatic carbocycles. The number of sulfonamides is 1. The highest BCUT2D eigenvalue weighted by atomic mass is 32.2. The molecule has 4 rings (SSSR count). The number of carbonyl (C=O) groups excluding carboxylic acids is 1. The van der Waals surface area contributed by atoms with Gasteiger partial charge in [-0.05, 0) is 48.7 Å². The molecular formula is C19H20N2O4S. The van der Waals surface area contributed by atoms with E-state index in [1.165, 1.54) is 16.4 Å². The molecule has 1 N–H and O–H groups in total. The second kappa shape index (κ2) is 6.74. The average molecular weight is 372 g/mol. The Labute approximate surface area is 152 Å². The summed E-state index contributed by atoms with van der Waals surface area (Å²) in [4.78, 5) is 12.7. The van der Waals surface area contributed by atoms with Crippen LogP contribution >= 0.6 is 0 Å². The van der Waals surface area contributed by atoms with Crippen LogP contribution < -0.4 is 10.1 Å². The minimum atomic E-state index is -3.44. The van der Waals surface area contributed by atoms with Crippen molar-refractivity contribution < 1.29 is 17.9 Å². The van der Waals surface area contributed by atoms with Crippen LogP contribution in [0.25, 0.3) is 0 Å². The Balaban J connectivity index is 1.42. The van der Waals surface area contributed by atoms with Crippen molar-refractivity contribution in [3.63, 3.8) is 0 Å². The molecule has 0 saturated carbocycles. The van der Waals surface area contributed by atoms with Crippen LogP contribution in [0.3, 0.4) is 0 Å². The third kappa shape index (κ3) is 3.20. The van der Waals surface area contributed by atoms with Crippen LogP contribution in [0, 0.1) is 0 Å². The van der Waals surface area contributed by atoms with E-state index in [4.69, 9.17) is 4.74 Å². The van der Waals surface area contributed by atoms with E-state index in [9.17, 15) is 13.2 Å². The van der Waals surface area contributed by atoms with Crippen molar-refractivity contribution >= 4 is 21.6 Å². The first-order valence-electron chi connectivity index (χ1n) is 8.70. The van der Waals surface area contributed by atoms with E-state index in [0.717, 1.165) is 24.2 Å². The highest BCUT2D eigenvalue weighted by Gasteiger charge is 2.29. The van der Waals surface area contributed by atoms with Gasteiger partial charge < -0.3 is 10.1 Å². The van der Waals surface area contributed by atoms with Crippen molar-refractivity contribution in [2.75, 3.05) is 18.4 Å². The summed E-state index contributed by atoms with van der Waals surface area (Å²) < 4.78 is 32.2. The molecular weight excluding hydrogens is 352 g/mol. The first kappa shape index (κ1) is 17.1. The van der Waals surface area contributed by atoms with Crippen molar-refractivity contribution in [1.29, 1.82) is 0 Å². The molecule has 6 nitrogen and oxygen atoms in total. The van der Waals surface area contributed by atoms with Gasteiger partial charge in [0.2, 0.25) is 10.0 Å². The monoisotopic (exact) mass is 372 g/mol. The SMILES string of the molecule is O=C(Nc1ccc(S(=O)(=O)N2CCCC2)cc1)C1Cc2ccccc2O1. The third-order valence-electron chi connectivity index (χ3n) is 4.76. The number of ether oxygens (including phenoxy) is 1. The molecule has 1 amide bonds. The van der Waals surface area contributed by atoms with Crippen LogP contribution in [0.5, 0.6) is 5.75 Å². The summed E-state index contributed by atoms with van der Waals surface area (Å²) in [6.45, 7) is 1.14. The molecule has 1 saturated heterocycles. The second-order valence-electron chi connectivity index (χ2n) is 6.54. The molecule has 2 aliphatic heterocycles. The van der Waals surface area contributed by atoms with Gasteiger partial charge in [0.05, 0.1) is 4.90 Å². The number of anilines is 1. The molecule has 7 heteroatoms. The highest BCUT2D eigenvalue weighted by molar-refractivity contribution is 7.89. The molecule has 2 heterocycles. The lowest BCUT2D eigenvalue weighted by Gasteiger charge is -2.16. The number of hydrogen-bond donors (Lipinski definition) is 1. The Bertz CT molecular complexity index is 894. The number of nitrogens with zero attached hydrogens (tertiary/aromatic N) is 1. The molecule has 0 radical (unpaired) electrons. The van der Waals surface area contributed by atoms with Crippen molar-refractivity contribution in [2.24, 2.45) is 0 Å². The lowest BCUT2D eigenvalue weighted by Crippen LogP contribution is -2.31. The second-order valence-corrected chi connectivity index (χ2v) is 8.48. The molecule has 0 spiro atoms. The first-order chi connectivity index (χ1) is 12.5. The molecule has 2 aliphatic rings. The molecule has 1 unspecified atom stereocenters. The maximum absolute atomic E-state index is 12.5. The fourth-order valence-electron chi connectivity index (χ4n) is 3.34. The number of carbonyl (C=O) groups is 1. The Morgan fingerprint density at radius 3 is 2.42 bits per heavy atom. The maximum Gasteiger partial charge on any atom is 0.265 e. The number of hydrogen-bond acceptors (Lipinski definition) is 4. The van der Waals surface area contributed by atoms with E-state index in [1.54, 1.807) is 12.1 Å². The van der Waals surface area contributed by atoms with Gasteiger partial charge in [0.1, 0.15) is 5.75 Å². The minimum Gasteiger partial charge on any atom is -0.480 e. The van der Waals surface area contributed by atoms with E-state index in [2.05, 4.69) is 5.32 Å². The van der Waals surface area contributed by atoms with E-state index < -0.39 is 16.1 Å². The van der Waals surface area contributed by atoms with E-state index in [1.807, 2.05) is 24.3 Å². The predicted molar refractivity (Wildman–Crippen MR) is 97.6 cm³/mol. The van der Waals surface area contributed by atoms with Crippen LogP contribution in [0.15, 0.2) is 53.4 Å². The third-order valence-corrected chi connectivity index (χ3v) is 6.68. The fourth-order valence-corrected chi connectivity index (χ4v) is 4.86.